The minimum Gasteiger partial charge on any atom is -0.408 e. The van der Waals surface area contributed by atoms with Crippen molar-refractivity contribution in [2.75, 3.05) is 0 Å². The van der Waals surface area contributed by atoms with Crippen molar-refractivity contribution >= 4 is 52.7 Å². The van der Waals surface area contributed by atoms with Crippen molar-refractivity contribution in [1.82, 2.24) is 0 Å². The number of rotatable bonds is 16. The van der Waals surface area contributed by atoms with Crippen LogP contribution in [0.5, 0.6) is 28.7 Å². The average Bonchev–Trinajstić information content (AvgIpc) is 3.27. The molecule has 8 aromatic rings. The summed E-state index contributed by atoms with van der Waals surface area (Å²) in [4.78, 5) is 13.5. The molecule has 0 amide bonds. The molecule has 0 unspecified atom stereocenters. The molecule has 0 aliphatic heterocycles. The van der Waals surface area contributed by atoms with Gasteiger partial charge in [-0.2, -0.15) is 0 Å². The second kappa shape index (κ2) is 17.9. The lowest BCUT2D eigenvalue weighted by molar-refractivity contribution is -0.411. The first-order valence-electron chi connectivity index (χ1n) is 20.4. The van der Waals surface area contributed by atoms with E-state index in [9.17, 15) is 0 Å². The van der Waals surface area contributed by atoms with Crippen LogP contribution in [0, 0.1) is 0 Å². The van der Waals surface area contributed by atoms with Crippen molar-refractivity contribution in [1.29, 1.82) is 0 Å². The molecule has 0 fully saturated rings. The van der Waals surface area contributed by atoms with Crippen molar-refractivity contribution in [3.63, 3.8) is 0 Å². The van der Waals surface area contributed by atoms with Gasteiger partial charge in [-0.05, 0) is 93.4 Å². The van der Waals surface area contributed by atoms with Gasteiger partial charge in [0.1, 0.15) is 17.2 Å². The maximum atomic E-state index is 6.97. The Labute approximate surface area is 358 Å². The molecule has 0 spiro atoms. The zero-order valence-electron chi connectivity index (χ0n) is 34.8. The predicted molar refractivity (Wildman–Crippen MR) is 247 cm³/mol. The van der Waals surface area contributed by atoms with Crippen LogP contribution in [0.4, 0.5) is 0 Å². The van der Waals surface area contributed by atoms with Gasteiger partial charge < -0.3 is 13.6 Å². The summed E-state index contributed by atoms with van der Waals surface area (Å²) in [6.45, 7) is 13.4. The molecule has 304 valence electrons. The summed E-state index contributed by atoms with van der Waals surface area (Å²) in [5.74, 6) is 3.02. The maximum absolute atomic E-state index is 6.97. The van der Waals surface area contributed by atoms with Crippen LogP contribution in [0.3, 0.4) is 0 Å². The van der Waals surface area contributed by atoms with Gasteiger partial charge in [0.05, 0.1) is 9.79 Å². The highest BCUT2D eigenvalue weighted by molar-refractivity contribution is 7.99. The van der Waals surface area contributed by atoms with Crippen molar-refractivity contribution in [2.24, 2.45) is 0 Å². The molecule has 0 aliphatic rings. The summed E-state index contributed by atoms with van der Waals surface area (Å²) >= 11 is 1.54. The topological polar surface area (TPSA) is 55.4 Å². The molecule has 0 atom stereocenters. The van der Waals surface area contributed by atoms with E-state index >= 15 is 0 Å². The fraction of sp³-hybridized carbons (Fsp3) is 0.192. The smallest absolute Gasteiger partial charge is 0.408 e. The van der Waals surface area contributed by atoms with Crippen LogP contribution in [0.2, 0.25) is 0 Å². The van der Waals surface area contributed by atoms with Gasteiger partial charge in [0.15, 0.2) is 11.5 Å². The van der Waals surface area contributed by atoms with E-state index < -0.39 is 8.60 Å². The van der Waals surface area contributed by atoms with Crippen LogP contribution in [-0.2, 0) is 15.9 Å². The number of hydrogen-bond acceptors (Lipinski definition) is 7. The number of fused-ring (bicyclic) bond motifs is 3. The lowest BCUT2D eigenvalue weighted by Gasteiger charge is -2.26. The Kier molecular flexibility index (Phi) is 12.2. The van der Waals surface area contributed by atoms with Crippen LogP contribution in [0.15, 0.2) is 174 Å². The van der Waals surface area contributed by atoms with Crippen LogP contribution in [0.1, 0.15) is 65.5 Å². The summed E-state index contributed by atoms with van der Waals surface area (Å²) in [7, 11) is -2.04. The first-order valence-corrected chi connectivity index (χ1v) is 22.3. The molecule has 0 N–H and O–H groups in total. The van der Waals surface area contributed by atoms with Crippen LogP contribution >= 0.6 is 20.4 Å². The summed E-state index contributed by atoms with van der Waals surface area (Å²) in [5.41, 5.74) is 2.16. The largest absolute Gasteiger partial charge is 0.530 e. The molecule has 8 heteroatoms. The Balaban J connectivity index is 1.18. The highest BCUT2D eigenvalue weighted by Crippen LogP contribution is 2.50. The molecule has 0 radical (unpaired) electrons. The second-order valence-electron chi connectivity index (χ2n) is 16.1. The van der Waals surface area contributed by atoms with Crippen molar-refractivity contribution in [3.05, 3.63) is 175 Å². The zero-order chi connectivity index (χ0) is 41.7. The summed E-state index contributed by atoms with van der Waals surface area (Å²) in [5, 5.41) is 11.6. The lowest BCUT2D eigenvalue weighted by atomic mass is 9.82. The van der Waals surface area contributed by atoms with Crippen molar-refractivity contribution in [2.45, 2.75) is 75.0 Å². The SMILES string of the molecule is CCC(C)(C)c1ccc(OOOc2cccc3ccccc23)c(Sc2cc(C(C)(C)CC)ccc2OP(Oc2cccc3ccccc23)Oc2cccc3ccccc23)c1. The first-order chi connectivity index (χ1) is 29.1. The third-order valence-corrected chi connectivity index (χ3v) is 13.6. The standard InChI is InChI=1S/C52H49O6PS/c1-7-51(3,4)39-30-32-47(54-58-53-44-27-15-21-36-18-9-12-24-41(36)44)49(34-39)60-50-35-40(52(5,6)8-2)31-33-48(50)57-59(55-45-28-16-22-37-19-10-13-25-42(37)45)56-46-29-17-23-38-20-11-14-26-43(38)46/h9-35H,7-8H2,1-6H3. The van der Waals surface area contributed by atoms with Gasteiger partial charge in [-0.25, -0.2) is 0 Å². The van der Waals surface area contributed by atoms with Gasteiger partial charge in [0.25, 0.3) is 0 Å². The molecule has 0 heterocycles. The molecule has 8 aromatic carbocycles. The summed E-state index contributed by atoms with van der Waals surface area (Å²) in [6, 6.07) is 54.8. The Morgan fingerprint density at radius 3 is 1.30 bits per heavy atom. The molecular weight excluding hydrogens is 784 g/mol. The zero-order valence-corrected chi connectivity index (χ0v) is 36.5. The van der Waals surface area contributed by atoms with E-state index in [1.807, 2.05) is 103 Å². The minimum absolute atomic E-state index is 0.0908. The average molecular weight is 833 g/mol. The minimum atomic E-state index is -2.04. The van der Waals surface area contributed by atoms with Crippen LogP contribution < -0.4 is 23.3 Å². The normalized spacial score (nSPS) is 11.9. The van der Waals surface area contributed by atoms with E-state index in [1.54, 1.807) is 11.8 Å². The van der Waals surface area contributed by atoms with Crippen LogP contribution in [0.25, 0.3) is 32.3 Å². The third-order valence-electron chi connectivity index (χ3n) is 11.5. The molecule has 8 rings (SSSR count). The molecule has 0 aromatic heterocycles. The number of benzene rings is 8. The molecular formula is C52H49O6PS. The Morgan fingerprint density at radius 2 is 0.800 bits per heavy atom. The maximum Gasteiger partial charge on any atom is 0.530 e. The van der Waals surface area contributed by atoms with Crippen LogP contribution in [-0.4, -0.2) is 0 Å². The highest BCUT2D eigenvalue weighted by atomic mass is 32.2. The molecule has 0 saturated heterocycles. The van der Waals surface area contributed by atoms with E-state index in [1.165, 1.54) is 11.1 Å². The molecule has 6 nitrogen and oxygen atoms in total. The highest BCUT2D eigenvalue weighted by Gasteiger charge is 2.28. The Bertz CT molecular complexity index is 2670. The van der Waals surface area contributed by atoms with E-state index in [0.717, 1.165) is 54.9 Å². The van der Waals surface area contributed by atoms with Gasteiger partial charge >= 0.3 is 8.60 Å². The monoisotopic (exact) mass is 832 g/mol. The van der Waals surface area contributed by atoms with Gasteiger partial charge in [-0.15, -0.1) is 0 Å². The van der Waals surface area contributed by atoms with E-state index in [2.05, 4.69) is 102 Å². The quantitative estimate of drug-likeness (QED) is 0.0546. The summed E-state index contributed by atoms with van der Waals surface area (Å²) in [6.07, 6.45) is 1.90. The van der Waals surface area contributed by atoms with Crippen molar-refractivity contribution in [3.8, 4) is 28.7 Å². The lowest BCUT2D eigenvalue weighted by Crippen LogP contribution is -2.16. The van der Waals surface area contributed by atoms with Gasteiger partial charge in [-0.3, -0.25) is 9.78 Å². The fourth-order valence-corrected chi connectivity index (χ4v) is 9.05. The van der Waals surface area contributed by atoms with Gasteiger partial charge in [0, 0.05) is 21.2 Å². The second-order valence-corrected chi connectivity index (χ2v) is 18.1. The first kappa shape index (κ1) is 41.0. The summed E-state index contributed by atoms with van der Waals surface area (Å²) < 4.78 is 20.5. The fourth-order valence-electron chi connectivity index (χ4n) is 6.89. The molecule has 0 bridgehead atoms. The third kappa shape index (κ3) is 9.05. The van der Waals surface area contributed by atoms with Gasteiger partial charge in [-0.1, -0.05) is 175 Å². The molecule has 60 heavy (non-hydrogen) atoms. The molecule has 0 saturated carbocycles. The Hall–Kier alpha value is -5.72. The molecule has 0 aliphatic carbocycles. The van der Waals surface area contributed by atoms with E-state index in [-0.39, 0.29) is 10.8 Å². The predicted octanol–water partition coefficient (Wildman–Crippen LogP) is 15.7. The van der Waals surface area contributed by atoms with E-state index in [0.29, 0.717) is 28.7 Å². The van der Waals surface area contributed by atoms with E-state index in [4.69, 9.17) is 28.4 Å². The number of hydrogen-bond donors (Lipinski definition) is 0. The van der Waals surface area contributed by atoms with Crippen molar-refractivity contribution < 1.29 is 28.4 Å². The van der Waals surface area contributed by atoms with Gasteiger partial charge in [0.2, 0.25) is 0 Å². The Morgan fingerprint density at radius 1 is 0.417 bits per heavy atom.